The van der Waals surface area contributed by atoms with Gasteiger partial charge in [-0.15, -0.1) is 22.7 Å². The zero-order valence-corrected chi connectivity index (χ0v) is 35.9. The van der Waals surface area contributed by atoms with Crippen molar-refractivity contribution in [1.82, 2.24) is 0 Å². The molecule has 13 rings (SSSR count). The first kappa shape index (κ1) is 36.3. The van der Waals surface area contributed by atoms with E-state index in [1.165, 1.54) is 129 Å². The summed E-state index contributed by atoms with van der Waals surface area (Å²) in [5.41, 5.74) is 20.6. The first-order chi connectivity index (χ1) is 31.2. The van der Waals surface area contributed by atoms with Crippen molar-refractivity contribution < 1.29 is 0 Å². The van der Waals surface area contributed by atoms with Crippen molar-refractivity contribution in [2.45, 2.75) is 6.42 Å². The molecule has 0 radical (unpaired) electrons. The predicted octanol–water partition coefficient (Wildman–Crippen LogP) is 18.0. The standard InChI is InChI=1S/C61H38S2/c1-5-13-38(14-6-1)42-23-27-58-54(32-42)56-36-46(40-17-9-3-10-18-40)34-52(60(56)62-58)44-21-25-50-48(29-44)31-49-30-45(22-26-51(49)50)53-35-47(41-19-11-4-12-20-41)37-57-55-33-43(39-15-7-2-8-16-39)24-28-59(55)63-61(53)57/h1-30,32-37H,31H2. The first-order valence-corrected chi connectivity index (χ1v) is 23.3. The van der Waals surface area contributed by atoms with Gasteiger partial charge >= 0.3 is 0 Å². The van der Waals surface area contributed by atoms with Gasteiger partial charge in [0.15, 0.2) is 0 Å². The number of hydrogen-bond acceptors (Lipinski definition) is 2. The van der Waals surface area contributed by atoms with Crippen LogP contribution in [-0.2, 0) is 6.42 Å². The summed E-state index contributed by atoms with van der Waals surface area (Å²) in [5, 5.41) is 5.27. The first-order valence-electron chi connectivity index (χ1n) is 21.7. The maximum absolute atomic E-state index is 2.48. The van der Waals surface area contributed by atoms with Crippen molar-refractivity contribution in [3.63, 3.8) is 0 Å². The van der Waals surface area contributed by atoms with E-state index in [9.17, 15) is 0 Å². The summed E-state index contributed by atoms with van der Waals surface area (Å²) >= 11 is 3.83. The Balaban J connectivity index is 0.925. The lowest BCUT2D eigenvalue weighted by atomic mass is 9.93. The molecule has 0 aliphatic heterocycles. The van der Waals surface area contributed by atoms with Gasteiger partial charge in [-0.05, 0) is 133 Å². The average molecular weight is 835 g/mol. The molecule has 1 aliphatic rings. The molecule has 0 bridgehead atoms. The van der Waals surface area contributed by atoms with Crippen LogP contribution in [0.5, 0.6) is 0 Å². The van der Waals surface area contributed by atoms with Crippen LogP contribution in [0.25, 0.3) is 118 Å². The molecule has 0 amide bonds. The van der Waals surface area contributed by atoms with Crippen LogP contribution >= 0.6 is 22.7 Å². The Bertz CT molecular complexity index is 3480. The van der Waals surface area contributed by atoms with Gasteiger partial charge in [0.25, 0.3) is 0 Å². The lowest BCUT2D eigenvalue weighted by Crippen LogP contribution is -1.87. The number of rotatable bonds is 6. The minimum absolute atomic E-state index is 0.912. The molecular formula is C61H38S2. The van der Waals surface area contributed by atoms with Crippen molar-refractivity contribution in [3.8, 4) is 77.9 Å². The molecule has 2 heteroatoms. The summed E-state index contributed by atoms with van der Waals surface area (Å²) in [6.45, 7) is 0. The van der Waals surface area contributed by atoms with E-state index in [4.69, 9.17) is 0 Å². The van der Waals surface area contributed by atoms with Crippen LogP contribution in [0, 0.1) is 0 Å². The minimum Gasteiger partial charge on any atom is -0.135 e. The summed E-state index contributed by atoms with van der Waals surface area (Å²) in [6, 6.07) is 81.3. The van der Waals surface area contributed by atoms with Crippen molar-refractivity contribution in [3.05, 3.63) is 230 Å². The second kappa shape index (κ2) is 14.6. The van der Waals surface area contributed by atoms with Crippen molar-refractivity contribution >= 4 is 63.0 Å². The third-order valence-electron chi connectivity index (χ3n) is 13.1. The lowest BCUT2D eigenvalue weighted by molar-refractivity contribution is 1.26. The number of thiophene rings is 2. The van der Waals surface area contributed by atoms with Crippen LogP contribution < -0.4 is 0 Å². The Kier molecular flexibility index (Phi) is 8.44. The van der Waals surface area contributed by atoms with E-state index < -0.39 is 0 Å². The highest BCUT2D eigenvalue weighted by Crippen LogP contribution is 2.48. The van der Waals surface area contributed by atoms with Crippen LogP contribution in [0.15, 0.2) is 218 Å². The number of benzene rings is 10. The highest BCUT2D eigenvalue weighted by molar-refractivity contribution is 7.26. The van der Waals surface area contributed by atoms with Crippen LogP contribution in [0.3, 0.4) is 0 Å². The third-order valence-corrected chi connectivity index (χ3v) is 15.5. The fraction of sp³-hybridized carbons (Fsp3) is 0.0164. The zero-order chi connectivity index (χ0) is 41.4. The molecule has 2 heterocycles. The van der Waals surface area contributed by atoms with Crippen molar-refractivity contribution in [2.24, 2.45) is 0 Å². The average Bonchev–Trinajstić information content (AvgIpc) is 4.04. The van der Waals surface area contributed by atoms with Crippen LogP contribution in [0.2, 0.25) is 0 Å². The molecule has 2 aromatic heterocycles. The maximum atomic E-state index is 2.48. The van der Waals surface area contributed by atoms with Gasteiger partial charge in [-0.25, -0.2) is 0 Å². The van der Waals surface area contributed by atoms with E-state index in [1.54, 1.807) is 0 Å². The van der Waals surface area contributed by atoms with Crippen LogP contribution in [0.4, 0.5) is 0 Å². The molecule has 12 aromatic rings. The largest absolute Gasteiger partial charge is 0.135 e. The number of hydrogen-bond donors (Lipinski definition) is 0. The predicted molar refractivity (Wildman–Crippen MR) is 273 cm³/mol. The summed E-state index contributed by atoms with van der Waals surface area (Å²) in [7, 11) is 0. The summed E-state index contributed by atoms with van der Waals surface area (Å²) in [5.74, 6) is 0. The molecule has 0 saturated carbocycles. The molecular weight excluding hydrogens is 797 g/mol. The third kappa shape index (κ3) is 6.17. The zero-order valence-electron chi connectivity index (χ0n) is 34.3. The second-order valence-corrected chi connectivity index (χ2v) is 18.9. The molecule has 0 spiro atoms. The SMILES string of the molecule is c1ccc(-c2ccc3sc4c(-c5ccc6c(c5)Cc5cc(-c7cc(-c8ccccc8)cc8c7sc7ccc(-c9ccccc9)cc78)ccc5-6)cc(-c5ccccc5)cc4c3c2)cc1. The van der Waals surface area contributed by atoms with Crippen molar-refractivity contribution in [2.75, 3.05) is 0 Å². The van der Waals surface area contributed by atoms with E-state index in [-0.39, 0.29) is 0 Å². The minimum atomic E-state index is 0.912. The molecule has 0 N–H and O–H groups in total. The highest BCUT2D eigenvalue weighted by Gasteiger charge is 2.23. The number of fused-ring (bicyclic) bond motifs is 9. The lowest BCUT2D eigenvalue weighted by Gasteiger charge is -2.11. The summed E-state index contributed by atoms with van der Waals surface area (Å²) in [6.07, 6.45) is 0.912. The normalized spacial score (nSPS) is 12.1. The topological polar surface area (TPSA) is 0 Å². The van der Waals surface area contributed by atoms with Gasteiger partial charge in [-0.2, -0.15) is 0 Å². The highest BCUT2D eigenvalue weighted by atomic mass is 32.1. The molecule has 0 saturated heterocycles. The molecule has 0 unspecified atom stereocenters. The monoisotopic (exact) mass is 834 g/mol. The Hall–Kier alpha value is -7.36. The van der Waals surface area contributed by atoms with Gasteiger partial charge in [0, 0.05) is 51.5 Å². The van der Waals surface area contributed by atoms with Crippen LogP contribution in [0.1, 0.15) is 11.1 Å². The second-order valence-electron chi connectivity index (χ2n) is 16.8. The summed E-state index contributed by atoms with van der Waals surface area (Å²) < 4.78 is 5.32. The molecule has 10 aromatic carbocycles. The van der Waals surface area contributed by atoms with E-state index in [0.29, 0.717) is 0 Å². The molecule has 0 fully saturated rings. The van der Waals surface area contributed by atoms with E-state index in [2.05, 4.69) is 218 Å². The van der Waals surface area contributed by atoms with Gasteiger partial charge in [-0.3, -0.25) is 0 Å². The fourth-order valence-electron chi connectivity index (χ4n) is 9.95. The van der Waals surface area contributed by atoms with E-state index in [1.807, 2.05) is 22.7 Å². The Labute approximate surface area is 374 Å². The van der Waals surface area contributed by atoms with Gasteiger partial charge < -0.3 is 0 Å². The molecule has 0 nitrogen and oxygen atoms in total. The quantitative estimate of drug-likeness (QED) is 0.157. The summed E-state index contributed by atoms with van der Waals surface area (Å²) in [4.78, 5) is 0. The van der Waals surface area contributed by atoms with Gasteiger partial charge in [0.1, 0.15) is 0 Å². The van der Waals surface area contributed by atoms with Gasteiger partial charge in [0.2, 0.25) is 0 Å². The Morgan fingerprint density at radius 3 is 0.984 bits per heavy atom. The fourth-order valence-corrected chi connectivity index (χ4v) is 12.3. The van der Waals surface area contributed by atoms with Crippen LogP contribution in [-0.4, -0.2) is 0 Å². The van der Waals surface area contributed by atoms with Gasteiger partial charge in [-0.1, -0.05) is 170 Å². The van der Waals surface area contributed by atoms with E-state index in [0.717, 1.165) is 6.42 Å². The smallest absolute Gasteiger partial charge is 0.0434 e. The maximum Gasteiger partial charge on any atom is 0.0434 e. The molecule has 63 heavy (non-hydrogen) atoms. The molecule has 1 aliphatic carbocycles. The Morgan fingerprint density at radius 1 is 0.238 bits per heavy atom. The Morgan fingerprint density at radius 2 is 0.587 bits per heavy atom. The van der Waals surface area contributed by atoms with E-state index >= 15 is 0 Å². The molecule has 0 atom stereocenters. The van der Waals surface area contributed by atoms with Crippen molar-refractivity contribution in [1.29, 1.82) is 0 Å². The molecule has 294 valence electrons. The van der Waals surface area contributed by atoms with Gasteiger partial charge in [0.05, 0.1) is 0 Å².